The summed E-state index contributed by atoms with van der Waals surface area (Å²) in [6.45, 7) is 4.77. The average molecular weight is 516 g/mol. The van der Waals surface area contributed by atoms with Crippen molar-refractivity contribution in [2.45, 2.75) is 39.2 Å². The van der Waals surface area contributed by atoms with E-state index in [9.17, 15) is 9.90 Å². The number of aryl methyl sites for hydroxylation is 2. The fraction of sp³-hybridized carbons (Fsp3) is 0.222. The van der Waals surface area contributed by atoms with Crippen molar-refractivity contribution in [2.75, 3.05) is 0 Å². The van der Waals surface area contributed by atoms with Crippen molar-refractivity contribution in [1.29, 1.82) is 0 Å². The first kappa shape index (κ1) is 21.1. The van der Waals surface area contributed by atoms with Gasteiger partial charge in [0.05, 0.1) is 16.6 Å². The molecule has 0 spiro atoms. The number of hydrogen-bond donors (Lipinski definition) is 1. The van der Waals surface area contributed by atoms with Crippen molar-refractivity contribution in [2.24, 2.45) is 0 Å². The molecule has 0 aliphatic heterocycles. The quantitative estimate of drug-likeness (QED) is 0.276. The summed E-state index contributed by atoms with van der Waals surface area (Å²) in [4.78, 5) is 21.5. The number of rotatable bonds is 5. The minimum atomic E-state index is -0.985. The molecule has 7 heteroatoms. The number of furan rings is 1. The molecule has 0 bridgehead atoms. The van der Waals surface area contributed by atoms with Crippen LogP contribution in [0.4, 0.5) is 0 Å². The van der Waals surface area contributed by atoms with Crippen molar-refractivity contribution in [3.05, 3.63) is 81.2 Å². The van der Waals surface area contributed by atoms with Gasteiger partial charge in [-0.05, 0) is 78.0 Å². The van der Waals surface area contributed by atoms with E-state index in [1.807, 2.05) is 19.1 Å². The molecule has 3 aromatic heterocycles. The van der Waals surface area contributed by atoms with Crippen LogP contribution in [0.15, 0.2) is 57.4 Å². The third-order valence-electron chi connectivity index (χ3n) is 6.43. The van der Waals surface area contributed by atoms with Gasteiger partial charge in [-0.25, -0.2) is 14.8 Å². The van der Waals surface area contributed by atoms with E-state index in [1.165, 1.54) is 12.8 Å². The Bertz CT molecular complexity index is 1610. The smallest absolute Gasteiger partial charge is 0.336 e. The fourth-order valence-electron chi connectivity index (χ4n) is 4.67. The lowest BCUT2D eigenvalue weighted by atomic mass is 10.0. The third-order valence-corrected chi connectivity index (χ3v) is 7.22. The van der Waals surface area contributed by atoms with E-state index >= 15 is 0 Å². The van der Waals surface area contributed by atoms with Crippen LogP contribution in [0.1, 0.15) is 51.8 Å². The predicted octanol–water partition coefficient (Wildman–Crippen LogP) is 6.85. The van der Waals surface area contributed by atoms with E-state index in [1.54, 1.807) is 18.2 Å². The molecule has 1 fully saturated rings. The molecular formula is C27H22BrN3O3. The van der Waals surface area contributed by atoms with Crippen LogP contribution >= 0.6 is 15.9 Å². The van der Waals surface area contributed by atoms with E-state index in [4.69, 9.17) is 14.4 Å². The highest BCUT2D eigenvalue weighted by atomic mass is 79.9. The zero-order valence-electron chi connectivity index (χ0n) is 18.8. The zero-order valence-corrected chi connectivity index (χ0v) is 20.4. The monoisotopic (exact) mass is 515 g/mol. The molecular weight excluding hydrogens is 494 g/mol. The number of benzene rings is 2. The first-order chi connectivity index (χ1) is 16.4. The molecule has 1 aliphatic rings. The second kappa shape index (κ2) is 7.81. The summed E-state index contributed by atoms with van der Waals surface area (Å²) in [6.07, 6.45) is 2.33. The number of carbonyl (C=O) groups is 1. The van der Waals surface area contributed by atoms with E-state index in [0.717, 1.165) is 43.7 Å². The highest BCUT2D eigenvalue weighted by Gasteiger charge is 2.30. The molecule has 0 unspecified atom stereocenters. The van der Waals surface area contributed by atoms with Crippen LogP contribution in [0, 0.1) is 13.8 Å². The Morgan fingerprint density at radius 2 is 1.94 bits per heavy atom. The van der Waals surface area contributed by atoms with Gasteiger partial charge in [-0.15, -0.1) is 0 Å². The van der Waals surface area contributed by atoms with E-state index < -0.39 is 5.97 Å². The fourth-order valence-corrected chi connectivity index (χ4v) is 5.27. The topological polar surface area (TPSA) is 81.2 Å². The Morgan fingerprint density at radius 1 is 1.15 bits per heavy atom. The summed E-state index contributed by atoms with van der Waals surface area (Å²) in [6, 6.07) is 15.1. The molecule has 0 radical (unpaired) electrons. The standard InChI is InChI=1S/C27H22BrN3O3/c1-14-11-15(2)29-26-23(14)30-25(17-8-9-17)31(26)13-16-7-10-21-20(12-16)22(28)24(34-21)18-5-3-4-6-19(18)27(32)33/h3-7,10-12,17H,8-9,13H2,1-2H3,(H,32,33). The van der Waals surface area contributed by atoms with E-state index in [-0.39, 0.29) is 5.56 Å². The van der Waals surface area contributed by atoms with Gasteiger partial charge in [0.1, 0.15) is 22.7 Å². The molecule has 1 aliphatic carbocycles. The van der Waals surface area contributed by atoms with Gasteiger partial charge in [0, 0.05) is 22.6 Å². The SMILES string of the molecule is Cc1cc(C)c2nc(C3CC3)n(Cc3ccc4oc(-c5ccccc5C(=O)O)c(Br)c4c3)c2n1. The van der Waals surface area contributed by atoms with Crippen LogP contribution in [0.2, 0.25) is 0 Å². The number of fused-ring (bicyclic) bond motifs is 2. The van der Waals surface area contributed by atoms with Crippen LogP contribution in [0.25, 0.3) is 33.5 Å². The molecule has 5 aromatic rings. The minimum Gasteiger partial charge on any atom is -0.478 e. The molecule has 1 saturated carbocycles. The van der Waals surface area contributed by atoms with Crippen LogP contribution in [0.3, 0.4) is 0 Å². The molecule has 6 rings (SSSR count). The summed E-state index contributed by atoms with van der Waals surface area (Å²) in [5, 5.41) is 10.5. The number of aromatic carboxylic acids is 1. The number of nitrogens with zero attached hydrogens (tertiary/aromatic N) is 3. The number of halogens is 1. The Balaban J connectivity index is 1.46. The van der Waals surface area contributed by atoms with Gasteiger partial charge in [0.15, 0.2) is 5.65 Å². The maximum atomic E-state index is 11.7. The molecule has 1 N–H and O–H groups in total. The van der Waals surface area contributed by atoms with E-state index in [2.05, 4.69) is 45.6 Å². The first-order valence-corrected chi connectivity index (χ1v) is 12.1. The van der Waals surface area contributed by atoms with E-state index in [0.29, 0.717) is 29.4 Å². The molecule has 34 heavy (non-hydrogen) atoms. The second-order valence-electron chi connectivity index (χ2n) is 9.01. The number of carboxylic acid groups (broad SMARTS) is 1. The highest BCUT2D eigenvalue weighted by Crippen LogP contribution is 2.42. The van der Waals surface area contributed by atoms with Gasteiger partial charge in [-0.2, -0.15) is 0 Å². The number of pyridine rings is 1. The maximum absolute atomic E-state index is 11.7. The summed E-state index contributed by atoms with van der Waals surface area (Å²) < 4.78 is 9.10. The van der Waals surface area contributed by atoms with Crippen molar-refractivity contribution in [3.63, 3.8) is 0 Å². The Kier molecular flexibility index (Phi) is 4.85. The number of carboxylic acids is 1. The summed E-state index contributed by atoms with van der Waals surface area (Å²) in [5.74, 6) is 1.14. The van der Waals surface area contributed by atoms with Gasteiger partial charge in [0.25, 0.3) is 0 Å². The Hall–Kier alpha value is -3.45. The number of hydrogen-bond acceptors (Lipinski definition) is 4. The van der Waals surface area contributed by atoms with Crippen molar-refractivity contribution >= 4 is 44.0 Å². The molecule has 6 nitrogen and oxygen atoms in total. The average Bonchev–Trinajstić information content (AvgIpc) is 3.53. The first-order valence-electron chi connectivity index (χ1n) is 11.3. The maximum Gasteiger partial charge on any atom is 0.336 e. The van der Waals surface area contributed by atoms with Crippen LogP contribution < -0.4 is 0 Å². The zero-order chi connectivity index (χ0) is 23.6. The molecule has 0 atom stereocenters. The van der Waals surface area contributed by atoms with Crippen molar-refractivity contribution in [1.82, 2.24) is 14.5 Å². The molecule has 170 valence electrons. The lowest BCUT2D eigenvalue weighted by Crippen LogP contribution is -2.05. The Morgan fingerprint density at radius 3 is 2.71 bits per heavy atom. The van der Waals surface area contributed by atoms with Gasteiger partial charge < -0.3 is 14.1 Å². The van der Waals surface area contributed by atoms with Crippen LogP contribution in [-0.2, 0) is 6.54 Å². The number of imidazole rings is 1. The Labute approximate surface area is 204 Å². The predicted molar refractivity (Wildman–Crippen MR) is 134 cm³/mol. The lowest BCUT2D eigenvalue weighted by molar-refractivity contribution is 0.0697. The van der Waals surface area contributed by atoms with Crippen LogP contribution in [-0.4, -0.2) is 25.6 Å². The van der Waals surface area contributed by atoms with Gasteiger partial charge in [-0.3, -0.25) is 0 Å². The molecule has 3 heterocycles. The largest absolute Gasteiger partial charge is 0.478 e. The number of aromatic nitrogens is 3. The molecule has 0 amide bonds. The second-order valence-corrected chi connectivity index (χ2v) is 9.80. The third kappa shape index (κ3) is 3.42. The van der Waals surface area contributed by atoms with Crippen molar-refractivity contribution < 1.29 is 14.3 Å². The summed E-state index contributed by atoms with van der Waals surface area (Å²) in [5.41, 5.74) is 6.61. The minimum absolute atomic E-state index is 0.207. The molecule has 0 saturated heterocycles. The van der Waals surface area contributed by atoms with Gasteiger partial charge in [0.2, 0.25) is 0 Å². The summed E-state index contributed by atoms with van der Waals surface area (Å²) in [7, 11) is 0. The van der Waals surface area contributed by atoms with Crippen molar-refractivity contribution in [3.8, 4) is 11.3 Å². The summed E-state index contributed by atoms with van der Waals surface area (Å²) >= 11 is 3.67. The van der Waals surface area contributed by atoms with Gasteiger partial charge in [-0.1, -0.05) is 24.3 Å². The van der Waals surface area contributed by atoms with Gasteiger partial charge >= 0.3 is 5.97 Å². The molecule has 2 aromatic carbocycles. The highest BCUT2D eigenvalue weighted by molar-refractivity contribution is 9.10. The van der Waals surface area contributed by atoms with Crippen LogP contribution in [0.5, 0.6) is 0 Å². The normalized spacial score (nSPS) is 13.7. The lowest BCUT2D eigenvalue weighted by Gasteiger charge is -2.09.